The molecule has 0 aliphatic rings. The summed E-state index contributed by atoms with van der Waals surface area (Å²) in [6, 6.07) is 11.6. The monoisotopic (exact) mass is 242 g/mol. The van der Waals surface area contributed by atoms with E-state index in [1.165, 1.54) is 0 Å². The molecule has 0 aliphatic carbocycles. The molecule has 0 unspecified atom stereocenters. The lowest BCUT2D eigenvalue weighted by molar-refractivity contribution is 0.830. The van der Waals surface area contributed by atoms with Gasteiger partial charge in [-0.15, -0.1) is 0 Å². The van der Waals surface area contributed by atoms with Crippen LogP contribution in [-0.2, 0) is 0 Å². The van der Waals surface area contributed by atoms with Crippen molar-refractivity contribution in [3.05, 3.63) is 36.4 Å². The molecule has 0 fully saturated rings. The minimum atomic E-state index is 0.489. The Labute approximate surface area is 107 Å². The first-order chi connectivity index (χ1) is 8.79. The normalized spacial score (nSPS) is 10.3. The van der Waals surface area contributed by atoms with Gasteiger partial charge in [-0.1, -0.05) is 43.7 Å². The van der Waals surface area contributed by atoms with Crippen LogP contribution < -0.4 is 11.1 Å². The first kappa shape index (κ1) is 12.4. The Kier molecular flexibility index (Phi) is 4.12. The molecule has 2 aromatic rings. The van der Waals surface area contributed by atoms with Gasteiger partial charge in [-0.05, 0) is 6.42 Å². The third-order valence-electron chi connectivity index (χ3n) is 2.61. The maximum atomic E-state index is 5.81. The van der Waals surface area contributed by atoms with Gasteiger partial charge in [0, 0.05) is 18.2 Å². The van der Waals surface area contributed by atoms with E-state index in [0.717, 1.165) is 30.8 Å². The lowest BCUT2D eigenvalue weighted by Crippen LogP contribution is -2.05. The molecule has 2 rings (SSSR count). The van der Waals surface area contributed by atoms with E-state index in [4.69, 9.17) is 5.73 Å². The van der Waals surface area contributed by atoms with Crippen LogP contribution in [0.4, 0.5) is 11.6 Å². The minimum absolute atomic E-state index is 0.489. The number of nitrogen functional groups attached to an aromatic ring is 1. The van der Waals surface area contributed by atoms with E-state index >= 15 is 0 Å². The first-order valence-corrected chi connectivity index (χ1v) is 6.23. The highest BCUT2D eigenvalue weighted by molar-refractivity contribution is 5.60. The van der Waals surface area contributed by atoms with Crippen molar-refractivity contribution in [1.29, 1.82) is 0 Å². The maximum Gasteiger partial charge on any atom is 0.163 e. The lowest BCUT2D eigenvalue weighted by atomic mass is 10.2. The lowest BCUT2D eigenvalue weighted by Gasteiger charge is -2.07. The maximum absolute atomic E-state index is 5.81. The molecule has 1 aromatic carbocycles. The van der Waals surface area contributed by atoms with Crippen molar-refractivity contribution in [2.45, 2.75) is 19.8 Å². The average molecular weight is 242 g/mol. The number of hydrogen-bond acceptors (Lipinski definition) is 4. The molecular weight excluding hydrogens is 224 g/mol. The number of benzene rings is 1. The molecule has 4 heteroatoms. The molecule has 3 N–H and O–H groups in total. The average Bonchev–Trinajstić information content (AvgIpc) is 2.39. The molecule has 0 spiro atoms. The fourth-order valence-electron chi connectivity index (χ4n) is 1.67. The van der Waals surface area contributed by atoms with E-state index in [1.54, 1.807) is 6.07 Å². The summed E-state index contributed by atoms with van der Waals surface area (Å²) in [4.78, 5) is 8.73. The zero-order valence-corrected chi connectivity index (χ0v) is 10.6. The van der Waals surface area contributed by atoms with Gasteiger partial charge in [0.1, 0.15) is 11.6 Å². The zero-order chi connectivity index (χ0) is 12.8. The Hall–Kier alpha value is -2.10. The fourth-order valence-corrected chi connectivity index (χ4v) is 1.67. The predicted molar refractivity (Wildman–Crippen MR) is 75.3 cm³/mol. The van der Waals surface area contributed by atoms with E-state index < -0.39 is 0 Å². The van der Waals surface area contributed by atoms with Gasteiger partial charge in [0.25, 0.3) is 0 Å². The number of rotatable bonds is 5. The molecule has 0 amide bonds. The number of nitrogens with one attached hydrogen (secondary N) is 1. The molecular formula is C14H18N4. The second-order valence-electron chi connectivity index (χ2n) is 4.15. The molecule has 0 bridgehead atoms. The van der Waals surface area contributed by atoms with Crippen LogP contribution in [0.2, 0.25) is 0 Å². The Bertz CT molecular complexity index is 496. The van der Waals surface area contributed by atoms with E-state index in [9.17, 15) is 0 Å². The summed E-state index contributed by atoms with van der Waals surface area (Å²) in [7, 11) is 0. The second-order valence-corrected chi connectivity index (χ2v) is 4.15. The van der Waals surface area contributed by atoms with Gasteiger partial charge in [-0.2, -0.15) is 0 Å². The van der Waals surface area contributed by atoms with E-state index in [2.05, 4.69) is 22.2 Å². The summed E-state index contributed by atoms with van der Waals surface area (Å²) in [5.74, 6) is 1.94. The standard InChI is InChI=1S/C14H18N4/c1-2-3-9-16-13-10-12(15)17-14(18-13)11-7-5-4-6-8-11/h4-8,10H,2-3,9H2,1H3,(H3,15,16,17,18). The summed E-state index contributed by atoms with van der Waals surface area (Å²) in [5.41, 5.74) is 6.79. The molecule has 94 valence electrons. The number of nitrogens with zero attached hydrogens (tertiary/aromatic N) is 2. The van der Waals surface area contributed by atoms with Crippen molar-refractivity contribution in [3.63, 3.8) is 0 Å². The summed E-state index contributed by atoms with van der Waals surface area (Å²) < 4.78 is 0. The summed E-state index contributed by atoms with van der Waals surface area (Å²) in [6.45, 7) is 3.06. The van der Waals surface area contributed by atoms with Gasteiger partial charge in [-0.3, -0.25) is 0 Å². The molecule has 0 saturated carbocycles. The van der Waals surface area contributed by atoms with Crippen LogP contribution in [0.3, 0.4) is 0 Å². The number of anilines is 2. The Balaban J connectivity index is 2.21. The van der Waals surface area contributed by atoms with Gasteiger partial charge in [0.05, 0.1) is 0 Å². The van der Waals surface area contributed by atoms with Crippen LogP contribution in [0.15, 0.2) is 36.4 Å². The highest BCUT2D eigenvalue weighted by Crippen LogP contribution is 2.18. The number of nitrogens with two attached hydrogens (primary N) is 1. The number of aromatic nitrogens is 2. The number of hydrogen-bond donors (Lipinski definition) is 2. The van der Waals surface area contributed by atoms with Crippen LogP contribution in [0, 0.1) is 0 Å². The van der Waals surface area contributed by atoms with Crippen LogP contribution >= 0.6 is 0 Å². The first-order valence-electron chi connectivity index (χ1n) is 6.23. The second kappa shape index (κ2) is 6.00. The summed E-state index contributed by atoms with van der Waals surface area (Å²) in [6.07, 6.45) is 2.27. The Morgan fingerprint density at radius 3 is 2.67 bits per heavy atom. The summed E-state index contributed by atoms with van der Waals surface area (Å²) >= 11 is 0. The molecule has 1 aromatic heterocycles. The zero-order valence-electron chi connectivity index (χ0n) is 10.6. The van der Waals surface area contributed by atoms with Crippen molar-refractivity contribution in [2.24, 2.45) is 0 Å². The highest BCUT2D eigenvalue weighted by Gasteiger charge is 2.04. The fraction of sp³-hybridized carbons (Fsp3) is 0.286. The quantitative estimate of drug-likeness (QED) is 0.791. The minimum Gasteiger partial charge on any atom is -0.384 e. The van der Waals surface area contributed by atoms with Crippen molar-refractivity contribution in [3.8, 4) is 11.4 Å². The SMILES string of the molecule is CCCCNc1cc(N)nc(-c2ccccc2)n1. The van der Waals surface area contributed by atoms with Gasteiger partial charge in [0.15, 0.2) is 5.82 Å². The van der Waals surface area contributed by atoms with Crippen LogP contribution in [0.25, 0.3) is 11.4 Å². The molecule has 0 saturated heterocycles. The van der Waals surface area contributed by atoms with E-state index in [0.29, 0.717) is 11.6 Å². The van der Waals surface area contributed by atoms with Crippen molar-refractivity contribution < 1.29 is 0 Å². The van der Waals surface area contributed by atoms with E-state index in [1.807, 2.05) is 30.3 Å². The van der Waals surface area contributed by atoms with Crippen molar-refractivity contribution in [2.75, 3.05) is 17.6 Å². The highest BCUT2D eigenvalue weighted by atomic mass is 15.0. The van der Waals surface area contributed by atoms with Crippen molar-refractivity contribution in [1.82, 2.24) is 9.97 Å². The molecule has 4 nitrogen and oxygen atoms in total. The Morgan fingerprint density at radius 2 is 1.94 bits per heavy atom. The van der Waals surface area contributed by atoms with Gasteiger partial charge in [0.2, 0.25) is 0 Å². The molecule has 0 aliphatic heterocycles. The molecule has 1 heterocycles. The smallest absolute Gasteiger partial charge is 0.163 e. The third kappa shape index (κ3) is 3.20. The number of unbranched alkanes of at least 4 members (excludes halogenated alkanes) is 1. The van der Waals surface area contributed by atoms with Crippen molar-refractivity contribution >= 4 is 11.6 Å². The Morgan fingerprint density at radius 1 is 1.17 bits per heavy atom. The predicted octanol–water partition coefficient (Wildman–Crippen LogP) is 2.94. The third-order valence-corrected chi connectivity index (χ3v) is 2.61. The van der Waals surface area contributed by atoms with Gasteiger partial charge in [-0.25, -0.2) is 9.97 Å². The van der Waals surface area contributed by atoms with Crippen LogP contribution in [-0.4, -0.2) is 16.5 Å². The molecule has 0 atom stereocenters. The van der Waals surface area contributed by atoms with Crippen LogP contribution in [0.5, 0.6) is 0 Å². The largest absolute Gasteiger partial charge is 0.384 e. The topological polar surface area (TPSA) is 63.8 Å². The van der Waals surface area contributed by atoms with Gasteiger partial charge < -0.3 is 11.1 Å². The van der Waals surface area contributed by atoms with E-state index in [-0.39, 0.29) is 0 Å². The summed E-state index contributed by atoms with van der Waals surface area (Å²) in [5, 5.41) is 3.27. The molecule has 0 radical (unpaired) electrons. The molecule has 18 heavy (non-hydrogen) atoms. The van der Waals surface area contributed by atoms with Gasteiger partial charge >= 0.3 is 0 Å². The van der Waals surface area contributed by atoms with Crippen LogP contribution in [0.1, 0.15) is 19.8 Å².